The molecule has 8 heteroatoms. The van der Waals surface area contributed by atoms with E-state index in [9.17, 15) is 13.2 Å². The fourth-order valence-corrected chi connectivity index (χ4v) is 3.45. The molecule has 0 bridgehead atoms. The molecule has 0 aliphatic rings. The Balaban J connectivity index is 2.82. The maximum Gasteiger partial charge on any atom is 0.305 e. The molecule has 1 aromatic carbocycles. The van der Waals surface area contributed by atoms with E-state index >= 15 is 0 Å². The number of esters is 1. The third-order valence-corrected chi connectivity index (χ3v) is 5.24. The Hall–Kier alpha value is -0.820. The lowest BCUT2D eigenvalue weighted by Gasteiger charge is -2.17. The molecule has 0 spiro atoms. The van der Waals surface area contributed by atoms with Crippen LogP contribution < -0.4 is 0 Å². The highest BCUT2D eigenvalue weighted by atomic mass is 35.5. The van der Waals surface area contributed by atoms with Crippen molar-refractivity contribution in [3.63, 3.8) is 0 Å². The van der Waals surface area contributed by atoms with Gasteiger partial charge < -0.3 is 4.74 Å². The smallest absolute Gasteiger partial charge is 0.305 e. The third-order valence-electron chi connectivity index (χ3n) is 2.66. The number of carbonyl (C=O) groups is 1. The van der Waals surface area contributed by atoms with Crippen molar-refractivity contribution < 1.29 is 17.9 Å². The van der Waals surface area contributed by atoms with Crippen molar-refractivity contribution in [3.8, 4) is 0 Å². The van der Waals surface area contributed by atoms with Crippen LogP contribution in [0.1, 0.15) is 12.8 Å². The van der Waals surface area contributed by atoms with Gasteiger partial charge in [-0.1, -0.05) is 23.2 Å². The molecule has 1 rings (SSSR count). The van der Waals surface area contributed by atoms with Gasteiger partial charge >= 0.3 is 5.97 Å². The zero-order chi connectivity index (χ0) is 15.3. The van der Waals surface area contributed by atoms with Gasteiger partial charge in [0.25, 0.3) is 0 Å². The minimum absolute atomic E-state index is 0.0489. The molecular weight excluding hydrogens is 325 g/mol. The first-order valence-electron chi connectivity index (χ1n) is 5.77. The summed E-state index contributed by atoms with van der Waals surface area (Å²) in [5.74, 6) is -0.378. The summed E-state index contributed by atoms with van der Waals surface area (Å²) in [6.45, 7) is 0.181. The lowest BCUT2D eigenvalue weighted by atomic mass is 10.3. The SMILES string of the molecule is COC(=O)CCCN(C)S(=O)(=O)c1cc(Cl)ccc1Cl. The average Bonchev–Trinajstić information content (AvgIpc) is 2.40. The molecule has 0 fully saturated rings. The average molecular weight is 340 g/mol. The molecule has 0 unspecified atom stereocenters. The predicted octanol–water partition coefficient (Wildman–Crippen LogP) is 2.57. The fraction of sp³-hybridized carbons (Fsp3) is 0.417. The number of carbonyl (C=O) groups excluding carboxylic acids is 1. The van der Waals surface area contributed by atoms with Gasteiger partial charge in [-0.15, -0.1) is 0 Å². The van der Waals surface area contributed by atoms with Crippen LogP contribution >= 0.6 is 23.2 Å². The Bertz CT molecular complexity index is 589. The lowest BCUT2D eigenvalue weighted by Crippen LogP contribution is -2.28. The molecule has 0 N–H and O–H groups in total. The highest BCUT2D eigenvalue weighted by molar-refractivity contribution is 7.89. The van der Waals surface area contributed by atoms with E-state index in [-0.39, 0.29) is 33.9 Å². The fourth-order valence-electron chi connectivity index (χ4n) is 1.51. The van der Waals surface area contributed by atoms with Gasteiger partial charge in [0.2, 0.25) is 10.0 Å². The second-order valence-corrected chi connectivity index (χ2v) is 6.94. The standard InChI is InChI=1S/C12H15Cl2NO4S/c1-15(7-3-4-12(16)19-2)20(17,18)11-8-9(13)5-6-10(11)14/h5-6,8H,3-4,7H2,1-2H3. The van der Waals surface area contributed by atoms with Crippen molar-refractivity contribution in [1.82, 2.24) is 4.31 Å². The van der Waals surface area contributed by atoms with E-state index in [0.29, 0.717) is 6.42 Å². The van der Waals surface area contributed by atoms with Crippen LogP contribution in [-0.2, 0) is 19.6 Å². The van der Waals surface area contributed by atoms with E-state index < -0.39 is 10.0 Å². The molecule has 0 amide bonds. The summed E-state index contributed by atoms with van der Waals surface area (Å²) in [4.78, 5) is 10.9. The Morgan fingerprint density at radius 1 is 1.35 bits per heavy atom. The van der Waals surface area contributed by atoms with E-state index in [4.69, 9.17) is 23.2 Å². The van der Waals surface area contributed by atoms with Crippen molar-refractivity contribution in [3.05, 3.63) is 28.2 Å². The molecule has 0 saturated heterocycles. The summed E-state index contributed by atoms with van der Waals surface area (Å²) in [5.41, 5.74) is 0. The van der Waals surface area contributed by atoms with Gasteiger partial charge in [0.1, 0.15) is 4.90 Å². The molecule has 5 nitrogen and oxygen atoms in total. The Morgan fingerprint density at radius 2 is 2.00 bits per heavy atom. The molecule has 20 heavy (non-hydrogen) atoms. The van der Waals surface area contributed by atoms with Crippen LogP contribution in [0, 0.1) is 0 Å². The minimum atomic E-state index is -3.73. The Kier molecular flexibility index (Phi) is 6.26. The quantitative estimate of drug-likeness (QED) is 0.747. The summed E-state index contributed by atoms with van der Waals surface area (Å²) < 4.78 is 30.3. The number of nitrogens with zero attached hydrogens (tertiary/aromatic N) is 1. The molecule has 0 aromatic heterocycles. The summed E-state index contributed by atoms with van der Waals surface area (Å²) in [6, 6.07) is 4.25. The third kappa shape index (κ3) is 4.34. The molecule has 1 aromatic rings. The topological polar surface area (TPSA) is 63.7 Å². The van der Waals surface area contributed by atoms with Gasteiger partial charge in [-0.05, 0) is 24.6 Å². The van der Waals surface area contributed by atoms with Gasteiger partial charge in [0.05, 0.1) is 12.1 Å². The second kappa shape index (κ2) is 7.26. The van der Waals surface area contributed by atoms with E-state index in [1.807, 2.05) is 0 Å². The van der Waals surface area contributed by atoms with Crippen LogP contribution in [0.5, 0.6) is 0 Å². The highest BCUT2D eigenvalue weighted by Crippen LogP contribution is 2.27. The molecule has 0 aliphatic heterocycles. The summed E-state index contributed by atoms with van der Waals surface area (Å²) in [7, 11) is -1.03. The van der Waals surface area contributed by atoms with Crippen LogP contribution in [0.3, 0.4) is 0 Å². The lowest BCUT2D eigenvalue weighted by molar-refractivity contribution is -0.140. The predicted molar refractivity (Wildman–Crippen MR) is 77.5 cm³/mol. The largest absolute Gasteiger partial charge is 0.469 e. The Labute approximate surface area is 128 Å². The van der Waals surface area contributed by atoms with Crippen LogP contribution in [0.25, 0.3) is 0 Å². The number of ether oxygens (including phenoxy) is 1. The number of rotatable bonds is 6. The maximum atomic E-state index is 12.3. The van der Waals surface area contributed by atoms with Gasteiger partial charge in [0, 0.05) is 25.0 Å². The second-order valence-electron chi connectivity index (χ2n) is 4.08. The number of hydrogen-bond acceptors (Lipinski definition) is 4. The first-order valence-corrected chi connectivity index (χ1v) is 7.97. The van der Waals surface area contributed by atoms with Gasteiger partial charge in [-0.25, -0.2) is 12.7 Å². The molecule has 0 saturated carbocycles. The molecular formula is C12H15Cl2NO4S. The molecule has 0 radical (unpaired) electrons. The number of halogens is 2. The van der Waals surface area contributed by atoms with Crippen molar-refractivity contribution in [2.24, 2.45) is 0 Å². The minimum Gasteiger partial charge on any atom is -0.469 e. The van der Waals surface area contributed by atoms with Crippen LogP contribution in [-0.4, -0.2) is 39.4 Å². The van der Waals surface area contributed by atoms with Crippen molar-refractivity contribution in [1.29, 1.82) is 0 Å². The number of methoxy groups -OCH3 is 1. The monoisotopic (exact) mass is 339 g/mol. The summed E-state index contributed by atoms with van der Waals surface area (Å²) >= 11 is 11.7. The normalized spacial score (nSPS) is 11.7. The van der Waals surface area contributed by atoms with E-state index in [2.05, 4.69) is 4.74 Å². The van der Waals surface area contributed by atoms with Gasteiger partial charge in [-0.2, -0.15) is 0 Å². The number of benzene rings is 1. The molecule has 0 aliphatic carbocycles. The summed E-state index contributed by atoms with van der Waals surface area (Å²) in [5, 5.41) is 0.394. The zero-order valence-electron chi connectivity index (χ0n) is 11.1. The first-order chi connectivity index (χ1) is 9.28. The molecule has 0 atom stereocenters. The van der Waals surface area contributed by atoms with Crippen molar-refractivity contribution >= 4 is 39.2 Å². The van der Waals surface area contributed by atoms with Gasteiger partial charge in [0.15, 0.2) is 0 Å². The van der Waals surface area contributed by atoms with Crippen LogP contribution in [0.2, 0.25) is 10.0 Å². The van der Waals surface area contributed by atoms with E-state index in [1.54, 1.807) is 0 Å². The van der Waals surface area contributed by atoms with Crippen LogP contribution in [0.4, 0.5) is 0 Å². The molecule has 112 valence electrons. The van der Waals surface area contributed by atoms with Gasteiger partial charge in [-0.3, -0.25) is 4.79 Å². The zero-order valence-corrected chi connectivity index (χ0v) is 13.4. The maximum absolute atomic E-state index is 12.3. The number of hydrogen-bond donors (Lipinski definition) is 0. The van der Waals surface area contributed by atoms with E-state index in [0.717, 1.165) is 4.31 Å². The van der Waals surface area contributed by atoms with E-state index in [1.165, 1.54) is 32.4 Å². The van der Waals surface area contributed by atoms with Crippen molar-refractivity contribution in [2.45, 2.75) is 17.7 Å². The number of sulfonamides is 1. The highest BCUT2D eigenvalue weighted by Gasteiger charge is 2.23. The molecule has 0 heterocycles. The first kappa shape index (κ1) is 17.2. The van der Waals surface area contributed by atoms with Crippen molar-refractivity contribution in [2.75, 3.05) is 20.7 Å². The van der Waals surface area contributed by atoms with Crippen LogP contribution in [0.15, 0.2) is 23.1 Å². The summed E-state index contributed by atoms with van der Waals surface area (Å²) in [6.07, 6.45) is 0.514. The Morgan fingerprint density at radius 3 is 2.60 bits per heavy atom.